The Labute approximate surface area is 103 Å². The van der Waals surface area contributed by atoms with Gasteiger partial charge in [-0.3, -0.25) is 9.59 Å². The summed E-state index contributed by atoms with van der Waals surface area (Å²) in [4.78, 5) is 24.1. The van der Waals surface area contributed by atoms with Gasteiger partial charge >= 0.3 is 5.97 Å². The highest BCUT2D eigenvalue weighted by Gasteiger charge is 2.22. The topological polar surface area (TPSA) is 57.6 Å². The number of nitrogens with zero attached hydrogens (tertiary/aromatic N) is 1. The van der Waals surface area contributed by atoms with Crippen molar-refractivity contribution in [3.8, 4) is 0 Å². The van der Waals surface area contributed by atoms with Crippen molar-refractivity contribution >= 4 is 11.9 Å². The molecule has 0 heterocycles. The zero-order valence-corrected chi connectivity index (χ0v) is 10.8. The molecule has 0 spiro atoms. The second-order valence-corrected chi connectivity index (χ2v) is 5.16. The third-order valence-corrected chi connectivity index (χ3v) is 3.71. The third-order valence-electron chi connectivity index (χ3n) is 3.71. The van der Waals surface area contributed by atoms with Crippen LogP contribution in [0.25, 0.3) is 0 Å². The molecule has 0 bridgehead atoms. The predicted octanol–water partition coefficient (Wildman–Crippen LogP) is 2.28. The van der Waals surface area contributed by atoms with E-state index in [4.69, 9.17) is 5.11 Å². The van der Waals surface area contributed by atoms with E-state index in [-0.39, 0.29) is 18.4 Å². The van der Waals surface area contributed by atoms with Gasteiger partial charge in [-0.1, -0.05) is 19.3 Å². The van der Waals surface area contributed by atoms with Gasteiger partial charge in [-0.05, 0) is 25.7 Å². The maximum absolute atomic E-state index is 12.0. The van der Waals surface area contributed by atoms with E-state index in [2.05, 4.69) is 0 Å². The van der Waals surface area contributed by atoms with Crippen LogP contribution in [0.5, 0.6) is 0 Å². The molecule has 1 amide bonds. The summed E-state index contributed by atoms with van der Waals surface area (Å²) in [5.41, 5.74) is 0. The normalized spacial score (nSPS) is 18.7. The van der Waals surface area contributed by atoms with Crippen LogP contribution in [-0.2, 0) is 9.59 Å². The lowest BCUT2D eigenvalue weighted by atomic mass is 9.86. The Morgan fingerprint density at radius 3 is 2.41 bits per heavy atom. The summed E-state index contributed by atoms with van der Waals surface area (Å²) in [5, 5.41) is 8.70. The van der Waals surface area contributed by atoms with Gasteiger partial charge in [0.25, 0.3) is 0 Å². The van der Waals surface area contributed by atoms with E-state index in [1.807, 2.05) is 0 Å². The van der Waals surface area contributed by atoms with Crippen LogP contribution in [0.2, 0.25) is 0 Å². The lowest BCUT2D eigenvalue weighted by Crippen LogP contribution is -2.37. The van der Waals surface area contributed by atoms with Crippen molar-refractivity contribution in [3.63, 3.8) is 0 Å². The summed E-state index contributed by atoms with van der Waals surface area (Å²) >= 11 is 0. The minimum atomic E-state index is -0.852. The molecule has 1 fully saturated rings. The highest BCUT2D eigenvalue weighted by molar-refractivity contribution is 5.77. The molecular formula is C13H23NO3. The van der Waals surface area contributed by atoms with Crippen molar-refractivity contribution in [2.75, 3.05) is 7.05 Å². The number of hydrogen-bond donors (Lipinski definition) is 1. The zero-order valence-electron chi connectivity index (χ0n) is 10.8. The zero-order chi connectivity index (χ0) is 12.8. The van der Waals surface area contributed by atoms with Crippen molar-refractivity contribution in [3.05, 3.63) is 0 Å². The van der Waals surface area contributed by atoms with Crippen LogP contribution in [0.15, 0.2) is 0 Å². The average Bonchev–Trinajstić information content (AvgIpc) is 2.28. The van der Waals surface area contributed by atoms with Gasteiger partial charge in [-0.2, -0.15) is 0 Å². The Kier molecular flexibility index (Phi) is 5.45. The SMILES string of the molecule is CC(CC(=O)O)N(C)C(=O)CC1CCCCC1. The molecule has 0 saturated heterocycles. The first-order chi connectivity index (χ1) is 8.00. The fourth-order valence-electron chi connectivity index (χ4n) is 2.42. The number of carboxylic acids is 1. The molecule has 0 aromatic heterocycles. The first-order valence-electron chi connectivity index (χ1n) is 6.48. The molecule has 0 aromatic rings. The van der Waals surface area contributed by atoms with Crippen LogP contribution < -0.4 is 0 Å². The number of rotatable bonds is 5. The lowest BCUT2D eigenvalue weighted by Gasteiger charge is -2.27. The molecule has 98 valence electrons. The fraction of sp³-hybridized carbons (Fsp3) is 0.846. The largest absolute Gasteiger partial charge is 0.481 e. The summed E-state index contributed by atoms with van der Waals surface area (Å²) < 4.78 is 0. The number of carboxylic acid groups (broad SMARTS) is 1. The smallest absolute Gasteiger partial charge is 0.305 e. The third kappa shape index (κ3) is 4.75. The highest BCUT2D eigenvalue weighted by atomic mass is 16.4. The molecule has 1 unspecified atom stereocenters. The van der Waals surface area contributed by atoms with E-state index in [1.165, 1.54) is 19.3 Å². The molecule has 4 nitrogen and oxygen atoms in total. The van der Waals surface area contributed by atoms with E-state index in [1.54, 1.807) is 18.9 Å². The van der Waals surface area contributed by atoms with Gasteiger partial charge < -0.3 is 10.0 Å². The van der Waals surface area contributed by atoms with Crippen molar-refractivity contribution in [2.45, 2.75) is 57.9 Å². The Bertz CT molecular complexity index is 272. The Morgan fingerprint density at radius 2 is 1.88 bits per heavy atom. The van der Waals surface area contributed by atoms with Crippen LogP contribution >= 0.6 is 0 Å². The summed E-state index contributed by atoms with van der Waals surface area (Å²) in [7, 11) is 1.71. The minimum absolute atomic E-state index is 0.0207. The van der Waals surface area contributed by atoms with Gasteiger partial charge in [0.05, 0.1) is 6.42 Å². The molecule has 1 aliphatic carbocycles. The number of aliphatic carboxylic acids is 1. The first kappa shape index (κ1) is 14.0. The second kappa shape index (κ2) is 6.62. The number of hydrogen-bond acceptors (Lipinski definition) is 2. The molecular weight excluding hydrogens is 218 g/mol. The molecule has 17 heavy (non-hydrogen) atoms. The molecule has 1 N–H and O–H groups in total. The van der Waals surface area contributed by atoms with Crippen LogP contribution in [-0.4, -0.2) is 35.0 Å². The average molecular weight is 241 g/mol. The molecule has 1 aliphatic rings. The minimum Gasteiger partial charge on any atom is -0.481 e. The second-order valence-electron chi connectivity index (χ2n) is 5.16. The standard InChI is InChI=1S/C13H23NO3/c1-10(8-13(16)17)14(2)12(15)9-11-6-4-3-5-7-11/h10-11H,3-9H2,1-2H3,(H,16,17). The van der Waals surface area contributed by atoms with E-state index >= 15 is 0 Å². The monoisotopic (exact) mass is 241 g/mol. The Hall–Kier alpha value is -1.06. The van der Waals surface area contributed by atoms with Crippen molar-refractivity contribution < 1.29 is 14.7 Å². The van der Waals surface area contributed by atoms with Crippen molar-refractivity contribution in [1.29, 1.82) is 0 Å². The van der Waals surface area contributed by atoms with Gasteiger partial charge in [-0.25, -0.2) is 0 Å². The van der Waals surface area contributed by atoms with Crippen molar-refractivity contribution in [2.24, 2.45) is 5.92 Å². The number of carbonyl (C=O) groups is 2. The highest BCUT2D eigenvalue weighted by Crippen LogP contribution is 2.26. The predicted molar refractivity (Wildman–Crippen MR) is 65.7 cm³/mol. The number of carbonyl (C=O) groups excluding carboxylic acids is 1. The van der Waals surface area contributed by atoms with E-state index in [0.717, 1.165) is 12.8 Å². The van der Waals surface area contributed by atoms with Crippen LogP contribution in [0.3, 0.4) is 0 Å². The maximum Gasteiger partial charge on any atom is 0.305 e. The first-order valence-corrected chi connectivity index (χ1v) is 6.48. The summed E-state index contributed by atoms with van der Waals surface area (Å²) in [6.07, 6.45) is 6.64. The molecule has 1 rings (SSSR count). The molecule has 1 atom stereocenters. The number of amides is 1. The summed E-state index contributed by atoms with van der Waals surface area (Å²) in [6, 6.07) is -0.219. The van der Waals surface area contributed by atoms with Crippen molar-refractivity contribution in [1.82, 2.24) is 4.90 Å². The summed E-state index contributed by atoms with van der Waals surface area (Å²) in [6.45, 7) is 1.78. The van der Waals surface area contributed by atoms with Gasteiger partial charge in [-0.15, -0.1) is 0 Å². The molecule has 0 radical (unpaired) electrons. The molecule has 1 saturated carbocycles. The van der Waals surface area contributed by atoms with Crippen LogP contribution in [0, 0.1) is 5.92 Å². The molecule has 0 aliphatic heterocycles. The maximum atomic E-state index is 12.0. The van der Waals surface area contributed by atoms with Crippen LogP contribution in [0.4, 0.5) is 0 Å². The fourth-order valence-corrected chi connectivity index (χ4v) is 2.42. The van der Waals surface area contributed by atoms with Gasteiger partial charge in [0.2, 0.25) is 5.91 Å². The summed E-state index contributed by atoms with van der Waals surface area (Å²) in [5.74, 6) is -0.254. The van der Waals surface area contributed by atoms with Gasteiger partial charge in [0.15, 0.2) is 0 Å². The molecule has 0 aromatic carbocycles. The Morgan fingerprint density at radius 1 is 1.29 bits per heavy atom. The van der Waals surface area contributed by atoms with Gasteiger partial charge in [0, 0.05) is 19.5 Å². The van der Waals surface area contributed by atoms with Crippen LogP contribution in [0.1, 0.15) is 51.9 Å². The lowest BCUT2D eigenvalue weighted by molar-refractivity contribution is -0.140. The quantitative estimate of drug-likeness (QED) is 0.803. The van der Waals surface area contributed by atoms with Gasteiger partial charge in [0.1, 0.15) is 0 Å². The Balaban J connectivity index is 2.37. The van der Waals surface area contributed by atoms with E-state index in [9.17, 15) is 9.59 Å². The molecule has 4 heteroatoms. The van der Waals surface area contributed by atoms with E-state index < -0.39 is 5.97 Å². The van der Waals surface area contributed by atoms with E-state index in [0.29, 0.717) is 12.3 Å².